The van der Waals surface area contributed by atoms with E-state index >= 15 is 4.39 Å². The van der Waals surface area contributed by atoms with Crippen molar-refractivity contribution in [1.82, 2.24) is 14.1 Å². The zero-order valence-electron chi connectivity index (χ0n) is 17.8. The van der Waals surface area contributed by atoms with Crippen LogP contribution < -0.4 is 15.0 Å². The average molecular weight is 467 g/mol. The second kappa shape index (κ2) is 9.68. The maximum absolute atomic E-state index is 15.2. The number of hydrogen-bond donors (Lipinski definition) is 1. The van der Waals surface area contributed by atoms with E-state index in [9.17, 15) is 4.79 Å². The summed E-state index contributed by atoms with van der Waals surface area (Å²) in [4.78, 5) is 13.8. The van der Waals surface area contributed by atoms with Crippen LogP contribution in [0, 0.1) is 5.82 Å². The minimum absolute atomic E-state index is 0.144. The van der Waals surface area contributed by atoms with Crippen LogP contribution in [0.15, 0.2) is 60.8 Å². The number of amides is 1. The fourth-order valence-corrected chi connectivity index (χ4v) is 4.58. The van der Waals surface area contributed by atoms with Crippen LogP contribution in [0.25, 0.3) is 5.57 Å². The van der Waals surface area contributed by atoms with Crippen molar-refractivity contribution in [2.45, 2.75) is 24.9 Å². The Balaban J connectivity index is 1.32. The summed E-state index contributed by atoms with van der Waals surface area (Å²) in [7, 11) is 0. The Kier molecular flexibility index (Phi) is 6.32. The molecule has 3 aromatic rings. The molecule has 1 saturated heterocycles. The van der Waals surface area contributed by atoms with Gasteiger partial charge in [-0.3, -0.25) is 4.90 Å². The molecule has 170 valence electrons. The van der Waals surface area contributed by atoms with Crippen molar-refractivity contribution in [3.8, 4) is 5.88 Å². The molecule has 9 heteroatoms. The van der Waals surface area contributed by atoms with Gasteiger partial charge in [-0.05, 0) is 48.7 Å². The first-order valence-corrected chi connectivity index (χ1v) is 11.5. The molecule has 1 fully saturated rings. The Labute approximate surface area is 195 Å². The van der Waals surface area contributed by atoms with Crippen molar-refractivity contribution in [3.63, 3.8) is 0 Å². The molecule has 2 unspecified atom stereocenters. The van der Waals surface area contributed by atoms with Crippen molar-refractivity contribution < 1.29 is 18.7 Å². The number of ether oxygens (including phenoxy) is 2. The highest BCUT2D eigenvalue weighted by Crippen LogP contribution is 2.30. The summed E-state index contributed by atoms with van der Waals surface area (Å²) in [6.45, 7) is 1.13. The number of carbonyl (C=O) groups is 1. The number of aromatic nitrogens is 2. The summed E-state index contributed by atoms with van der Waals surface area (Å²) in [5.74, 6) is 0.0333. The van der Waals surface area contributed by atoms with E-state index in [2.05, 4.69) is 32.3 Å². The smallest absolute Gasteiger partial charge is 0.414 e. The van der Waals surface area contributed by atoms with E-state index in [1.54, 1.807) is 12.1 Å². The predicted octanol–water partition coefficient (Wildman–Crippen LogP) is 4.07. The highest BCUT2D eigenvalue weighted by molar-refractivity contribution is 6.99. The zero-order chi connectivity index (χ0) is 22.6. The van der Waals surface area contributed by atoms with E-state index in [1.165, 1.54) is 22.7 Å². The first-order valence-electron chi connectivity index (χ1n) is 10.8. The number of benzene rings is 2. The monoisotopic (exact) mass is 466 g/mol. The number of nitrogens with one attached hydrogen (secondary N) is 1. The first kappa shape index (κ1) is 21.5. The van der Waals surface area contributed by atoms with Crippen LogP contribution in [0.5, 0.6) is 5.88 Å². The van der Waals surface area contributed by atoms with Gasteiger partial charge in [-0.25, -0.2) is 9.18 Å². The van der Waals surface area contributed by atoms with Crippen LogP contribution in [0.2, 0.25) is 0 Å². The zero-order valence-corrected chi connectivity index (χ0v) is 18.6. The normalized spacial score (nSPS) is 20.5. The molecule has 2 aliphatic heterocycles. The summed E-state index contributed by atoms with van der Waals surface area (Å²) < 4.78 is 33.9. The Morgan fingerprint density at radius 2 is 2.12 bits per heavy atom. The molecule has 0 radical (unpaired) electrons. The summed E-state index contributed by atoms with van der Waals surface area (Å²) in [5, 5.41) is 3.49. The molecule has 2 aliphatic rings. The van der Waals surface area contributed by atoms with Crippen LogP contribution in [0.1, 0.15) is 17.5 Å². The third kappa shape index (κ3) is 4.89. The second-order valence-corrected chi connectivity index (χ2v) is 8.57. The minimum atomic E-state index is -0.517. The van der Waals surface area contributed by atoms with E-state index in [4.69, 9.17) is 9.47 Å². The SMILES string of the molecule is O=C1OCC(COc2cnsn2)N1c1ccc(C2=CC(Cc3ccccc3)NCC2)c(F)c1. The quantitative estimate of drug-likeness (QED) is 0.566. The van der Waals surface area contributed by atoms with Crippen LogP contribution in [0.3, 0.4) is 0 Å². The Bertz CT molecular complexity index is 1140. The third-order valence-electron chi connectivity index (χ3n) is 5.80. The van der Waals surface area contributed by atoms with Gasteiger partial charge in [0.1, 0.15) is 31.3 Å². The minimum Gasteiger partial charge on any atom is -0.474 e. The number of hydrogen-bond acceptors (Lipinski definition) is 7. The molecule has 33 heavy (non-hydrogen) atoms. The van der Waals surface area contributed by atoms with Gasteiger partial charge in [0.25, 0.3) is 0 Å². The molecule has 1 amide bonds. The van der Waals surface area contributed by atoms with E-state index in [1.807, 2.05) is 18.2 Å². The lowest BCUT2D eigenvalue weighted by molar-refractivity contribution is 0.175. The van der Waals surface area contributed by atoms with E-state index in [0.717, 1.165) is 36.7 Å². The summed E-state index contributed by atoms with van der Waals surface area (Å²) in [6.07, 6.45) is 4.69. The summed E-state index contributed by atoms with van der Waals surface area (Å²) in [5.41, 5.74) is 3.21. The van der Waals surface area contributed by atoms with Crippen LogP contribution in [-0.2, 0) is 11.2 Å². The lowest BCUT2D eigenvalue weighted by Gasteiger charge is -2.25. The maximum atomic E-state index is 15.2. The van der Waals surface area contributed by atoms with Crippen molar-refractivity contribution in [3.05, 3.63) is 77.7 Å². The van der Waals surface area contributed by atoms with Crippen molar-refractivity contribution in [1.29, 1.82) is 0 Å². The van der Waals surface area contributed by atoms with Crippen LogP contribution >= 0.6 is 11.7 Å². The first-order chi connectivity index (χ1) is 16.2. The van der Waals surface area contributed by atoms with Crippen LogP contribution in [0.4, 0.5) is 14.9 Å². The lowest BCUT2D eigenvalue weighted by Crippen LogP contribution is -2.38. The van der Waals surface area contributed by atoms with Gasteiger partial charge in [-0.1, -0.05) is 36.4 Å². The Morgan fingerprint density at radius 3 is 2.91 bits per heavy atom. The van der Waals surface area contributed by atoms with E-state index < -0.39 is 6.09 Å². The lowest BCUT2D eigenvalue weighted by atomic mass is 9.93. The molecule has 0 bridgehead atoms. The fraction of sp³-hybridized carbons (Fsp3) is 0.292. The van der Waals surface area contributed by atoms with Crippen LogP contribution in [-0.4, -0.2) is 46.7 Å². The largest absolute Gasteiger partial charge is 0.474 e. The molecule has 2 aromatic carbocycles. The number of rotatable bonds is 7. The topological polar surface area (TPSA) is 76.6 Å². The van der Waals surface area contributed by atoms with Gasteiger partial charge in [0, 0.05) is 11.6 Å². The molecular weight excluding hydrogens is 443 g/mol. The number of carbonyl (C=O) groups excluding carboxylic acids is 1. The van der Waals surface area contributed by atoms with Gasteiger partial charge in [0.05, 0.1) is 17.4 Å². The molecule has 7 nitrogen and oxygen atoms in total. The van der Waals surface area contributed by atoms with Gasteiger partial charge < -0.3 is 14.8 Å². The number of halogens is 1. The van der Waals surface area contributed by atoms with Crippen molar-refractivity contribution in [2.75, 3.05) is 24.7 Å². The van der Waals surface area contributed by atoms with E-state index in [-0.39, 0.29) is 31.1 Å². The highest BCUT2D eigenvalue weighted by Gasteiger charge is 2.35. The average Bonchev–Trinajstić information content (AvgIpc) is 3.48. The Hall–Kier alpha value is -3.30. The van der Waals surface area contributed by atoms with Gasteiger partial charge in [-0.15, -0.1) is 4.37 Å². The van der Waals surface area contributed by atoms with Gasteiger partial charge in [0.2, 0.25) is 5.88 Å². The van der Waals surface area contributed by atoms with Crippen molar-refractivity contribution in [2.24, 2.45) is 0 Å². The summed E-state index contributed by atoms with van der Waals surface area (Å²) in [6, 6.07) is 14.9. The highest BCUT2D eigenvalue weighted by atomic mass is 32.1. The summed E-state index contributed by atoms with van der Waals surface area (Å²) >= 11 is 1.04. The number of anilines is 1. The standard InChI is InChI=1S/C24H23FN4O3S/c25-22-12-19(29-20(15-32-24(29)30)14-31-23-13-27-33-28-23)6-7-21(22)17-8-9-26-18(11-17)10-16-4-2-1-3-5-16/h1-7,11-13,18,20,26H,8-10,14-15H2. The number of nitrogens with zero attached hydrogens (tertiary/aromatic N) is 3. The molecule has 0 spiro atoms. The van der Waals surface area contributed by atoms with E-state index in [0.29, 0.717) is 17.1 Å². The third-order valence-corrected chi connectivity index (χ3v) is 6.27. The molecule has 0 saturated carbocycles. The molecule has 3 heterocycles. The molecule has 5 rings (SSSR count). The predicted molar refractivity (Wildman–Crippen MR) is 124 cm³/mol. The maximum Gasteiger partial charge on any atom is 0.414 e. The van der Waals surface area contributed by atoms with Gasteiger partial charge in [-0.2, -0.15) is 4.37 Å². The fourth-order valence-electron chi connectivity index (χ4n) is 4.22. The second-order valence-electron chi connectivity index (χ2n) is 8.01. The number of cyclic esters (lactones) is 1. The molecule has 1 aromatic heterocycles. The molecule has 0 aliphatic carbocycles. The molecular formula is C24H23FN4O3S. The van der Waals surface area contributed by atoms with Gasteiger partial charge in [0.15, 0.2) is 0 Å². The van der Waals surface area contributed by atoms with Crippen molar-refractivity contribution >= 4 is 29.1 Å². The molecule has 1 N–H and O–H groups in total. The Morgan fingerprint density at radius 1 is 1.24 bits per heavy atom. The molecule has 2 atom stereocenters. The van der Waals surface area contributed by atoms with Gasteiger partial charge >= 0.3 is 6.09 Å².